The van der Waals surface area contributed by atoms with Crippen LogP contribution in [0.1, 0.15) is 37.8 Å². The van der Waals surface area contributed by atoms with Crippen LogP contribution in [-0.4, -0.2) is 0 Å². The van der Waals surface area contributed by atoms with Gasteiger partial charge in [-0.3, -0.25) is 0 Å². The van der Waals surface area contributed by atoms with Crippen LogP contribution in [0.4, 0.5) is 0 Å². The Morgan fingerprint density at radius 1 is 1.54 bits per heavy atom. The highest BCUT2D eigenvalue weighted by molar-refractivity contribution is 5.12. The molecule has 70 valence electrons. The van der Waals surface area contributed by atoms with E-state index in [4.69, 9.17) is 10.2 Å². The van der Waals surface area contributed by atoms with Crippen molar-refractivity contribution in [2.24, 2.45) is 5.73 Å². The first-order chi connectivity index (χ1) is 6.27. The molecule has 1 aromatic rings. The highest BCUT2D eigenvalue weighted by atomic mass is 16.3. The molecule has 1 aromatic heterocycles. The van der Waals surface area contributed by atoms with Gasteiger partial charge in [0, 0.05) is 12.8 Å². The maximum absolute atomic E-state index is 5.85. The highest BCUT2D eigenvalue weighted by Gasteiger charge is 2.08. The average Bonchev–Trinajstić information content (AvgIpc) is 2.62. The van der Waals surface area contributed by atoms with Crippen molar-refractivity contribution in [3.63, 3.8) is 0 Å². The first kappa shape index (κ1) is 9.88. The predicted molar refractivity (Wildman–Crippen MR) is 53.1 cm³/mol. The zero-order valence-electron chi connectivity index (χ0n) is 8.13. The van der Waals surface area contributed by atoms with Crippen LogP contribution >= 0.6 is 0 Å². The summed E-state index contributed by atoms with van der Waals surface area (Å²) in [6, 6.07) is 3.81. The van der Waals surface area contributed by atoms with Crippen LogP contribution in [0, 0.1) is 11.8 Å². The Hall–Kier alpha value is -1.20. The van der Waals surface area contributed by atoms with Gasteiger partial charge < -0.3 is 10.2 Å². The van der Waals surface area contributed by atoms with Crippen molar-refractivity contribution in [3.8, 4) is 11.8 Å². The van der Waals surface area contributed by atoms with Crippen molar-refractivity contribution >= 4 is 0 Å². The van der Waals surface area contributed by atoms with Crippen molar-refractivity contribution in [2.45, 2.75) is 32.7 Å². The van der Waals surface area contributed by atoms with E-state index in [1.807, 2.05) is 19.1 Å². The fraction of sp³-hybridized carbons (Fsp3) is 0.455. The van der Waals surface area contributed by atoms with Gasteiger partial charge in [-0.15, -0.1) is 11.8 Å². The normalized spacial score (nSPS) is 11.9. The molecule has 1 atom stereocenters. The zero-order chi connectivity index (χ0) is 9.68. The predicted octanol–water partition coefficient (Wildman–Crippen LogP) is 2.26. The molecule has 0 amide bonds. The summed E-state index contributed by atoms with van der Waals surface area (Å²) in [4.78, 5) is 0. The van der Waals surface area contributed by atoms with Gasteiger partial charge in [0.05, 0.1) is 6.04 Å². The number of rotatable bonds is 3. The third kappa shape index (κ3) is 2.64. The lowest BCUT2D eigenvalue weighted by atomic mass is 10.2. The van der Waals surface area contributed by atoms with E-state index in [2.05, 4.69) is 18.8 Å². The molecule has 0 aliphatic heterocycles. The van der Waals surface area contributed by atoms with E-state index in [1.165, 1.54) is 0 Å². The Labute approximate surface area is 79.1 Å². The molecule has 0 spiro atoms. The minimum Gasteiger partial charge on any atom is -0.464 e. The molecule has 13 heavy (non-hydrogen) atoms. The summed E-state index contributed by atoms with van der Waals surface area (Å²) in [7, 11) is 0. The molecule has 2 nitrogen and oxygen atoms in total. The van der Waals surface area contributed by atoms with E-state index in [1.54, 1.807) is 0 Å². The first-order valence-corrected chi connectivity index (χ1v) is 4.51. The second-order valence-electron chi connectivity index (χ2n) is 2.90. The summed E-state index contributed by atoms with van der Waals surface area (Å²) in [6.45, 7) is 3.87. The molecule has 2 heteroatoms. The Morgan fingerprint density at radius 3 is 2.85 bits per heavy atom. The molecule has 1 heterocycles. The van der Waals surface area contributed by atoms with E-state index >= 15 is 0 Å². The Morgan fingerprint density at radius 2 is 2.31 bits per heavy atom. The summed E-state index contributed by atoms with van der Waals surface area (Å²) in [6.07, 6.45) is 1.57. The van der Waals surface area contributed by atoms with Crippen molar-refractivity contribution in [1.82, 2.24) is 0 Å². The van der Waals surface area contributed by atoms with Gasteiger partial charge in [0.15, 0.2) is 0 Å². The van der Waals surface area contributed by atoms with Crippen molar-refractivity contribution < 1.29 is 4.42 Å². The van der Waals surface area contributed by atoms with Gasteiger partial charge >= 0.3 is 0 Å². The fourth-order valence-corrected chi connectivity index (χ4v) is 1.10. The van der Waals surface area contributed by atoms with Crippen molar-refractivity contribution in [2.75, 3.05) is 0 Å². The topological polar surface area (TPSA) is 39.2 Å². The second-order valence-corrected chi connectivity index (χ2v) is 2.90. The van der Waals surface area contributed by atoms with Gasteiger partial charge in [-0.1, -0.05) is 6.92 Å². The minimum atomic E-state index is -0.0900. The Kier molecular flexibility index (Phi) is 3.60. The van der Waals surface area contributed by atoms with Gasteiger partial charge in [0.1, 0.15) is 11.5 Å². The first-order valence-electron chi connectivity index (χ1n) is 4.51. The molecular formula is C11H15NO. The van der Waals surface area contributed by atoms with Gasteiger partial charge in [-0.05, 0) is 19.1 Å². The smallest absolute Gasteiger partial charge is 0.121 e. The largest absolute Gasteiger partial charge is 0.464 e. The molecule has 1 rings (SSSR count). The van der Waals surface area contributed by atoms with Crippen LogP contribution in [0.3, 0.4) is 0 Å². The third-order valence-corrected chi connectivity index (χ3v) is 1.90. The maximum Gasteiger partial charge on any atom is 0.121 e. The van der Waals surface area contributed by atoms with E-state index in [9.17, 15) is 0 Å². The van der Waals surface area contributed by atoms with E-state index in [0.29, 0.717) is 6.42 Å². The lowest BCUT2D eigenvalue weighted by molar-refractivity contribution is 0.438. The Balaban J connectivity index is 2.63. The van der Waals surface area contributed by atoms with E-state index < -0.39 is 0 Å². The van der Waals surface area contributed by atoms with Crippen LogP contribution < -0.4 is 5.73 Å². The number of nitrogens with two attached hydrogens (primary N) is 1. The summed E-state index contributed by atoms with van der Waals surface area (Å²) in [5.41, 5.74) is 5.85. The van der Waals surface area contributed by atoms with Crippen LogP contribution in [0.15, 0.2) is 16.5 Å². The second kappa shape index (κ2) is 4.74. The van der Waals surface area contributed by atoms with Crippen LogP contribution in [0.5, 0.6) is 0 Å². The molecular weight excluding hydrogens is 162 g/mol. The lowest BCUT2D eigenvalue weighted by Gasteiger charge is -2.02. The monoisotopic (exact) mass is 177 g/mol. The molecule has 0 aliphatic rings. The van der Waals surface area contributed by atoms with E-state index in [-0.39, 0.29) is 6.04 Å². The molecule has 0 aliphatic carbocycles. The van der Waals surface area contributed by atoms with Gasteiger partial charge in [0.25, 0.3) is 0 Å². The SMILES string of the molecule is CC#CCC(N)c1ccc(CC)o1. The van der Waals surface area contributed by atoms with Crippen LogP contribution in [-0.2, 0) is 6.42 Å². The zero-order valence-corrected chi connectivity index (χ0v) is 8.13. The standard InChI is InChI=1S/C11H15NO/c1-3-5-6-10(12)11-8-7-9(4-2)13-11/h7-8,10H,4,6,12H2,1-2H3. The van der Waals surface area contributed by atoms with E-state index in [0.717, 1.165) is 17.9 Å². The van der Waals surface area contributed by atoms with Gasteiger partial charge in [-0.25, -0.2) is 0 Å². The summed E-state index contributed by atoms with van der Waals surface area (Å²) >= 11 is 0. The lowest BCUT2D eigenvalue weighted by Crippen LogP contribution is -2.07. The molecule has 0 aromatic carbocycles. The molecule has 2 N–H and O–H groups in total. The fourth-order valence-electron chi connectivity index (χ4n) is 1.10. The number of aryl methyl sites for hydroxylation is 1. The molecule has 0 fully saturated rings. The minimum absolute atomic E-state index is 0.0900. The van der Waals surface area contributed by atoms with Crippen molar-refractivity contribution in [1.29, 1.82) is 0 Å². The molecule has 0 bridgehead atoms. The quantitative estimate of drug-likeness (QED) is 0.719. The van der Waals surface area contributed by atoms with Crippen LogP contribution in [0.25, 0.3) is 0 Å². The summed E-state index contributed by atoms with van der Waals surface area (Å²) < 4.78 is 5.50. The number of furan rings is 1. The van der Waals surface area contributed by atoms with Gasteiger partial charge in [0.2, 0.25) is 0 Å². The maximum atomic E-state index is 5.85. The van der Waals surface area contributed by atoms with Crippen LogP contribution in [0.2, 0.25) is 0 Å². The number of hydrogen-bond acceptors (Lipinski definition) is 2. The molecule has 0 saturated carbocycles. The van der Waals surface area contributed by atoms with Gasteiger partial charge in [-0.2, -0.15) is 0 Å². The average molecular weight is 177 g/mol. The van der Waals surface area contributed by atoms with Crippen molar-refractivity contribution in [3.05, 3.63) is 23.7 Å². The number of hydrogen-bond donors (Lipinski definition) is 1. The summed E-state index contributed by atoms with van der Waals surface area (Å²) in [5, 5.41) is 0. The molecule has 1 unspecified atom stereocenters. The highest BCUT2D eigenvalue weighted by Crippen LogP contribution is 2.17. The molecule has 0 saturated heterocycles. The Bertz CT molecular complexity index is 316. The summed E-state index contributed by atoms with van der Waals surface area (Å²) in [5.74, 6) is 7.57. The molecule has 0 radical (unpaired) electrons. The third-order valence-electron chi connectivity index (χ3n) is 1.90.